The van der Waals surface area contributed by atoms with Gasteiger partial charge in [0.05, 0.1) is 0 Å². The summed E-state index contributed by atoms with van der Waals surface area (Å²) in [6, 6.07) is 0.701. The van der Waals surface area contributed by atoms with E-state index in [1.807, 2.05) is 18.8 Å². The maximum atomic E-state index is 3.38. The van der Waals surface area contributed by atoms with Gasteiger partial charge in [-0.25, -0.2) is 0 Å². The fourth-order valence-electron chi connectivity index (χ4n) is 1.46. The molecule has 0 aliphatic carbocycles. The molecule has 1 heterocycles. The molecule has 1 saturated heterocycles. The summed E-state index contributed by atoms with van der Waals surface area (Å²) in [7, 11) is 2.05. The van der Waals surface area contributed by atoms with Crippen LogP contribution in [0.2, 0.25) is 0 Å². The predicted molar refractivity (Wildman–Crippen MR) is 47.6 cm³/mol. The van der Waals surface area contributed by atoms with E-state index in [4.69, 9.17) is 0 Å². The Morgan fingerprint density at radius 1 is 1.60 bits per heavy atom. The lowest BCUT2D eigenvalue weighted by molar-refractivity contribution is 0.497. The van der Waals surface area contributed by atoms with Crippen LogP contribution < -0.4 is 10.6 Å². The molecule has 0 bridgehead atoms. The zero-order chi connectivity index (χ0) is 7.40. The van der Waals surface area contributed by atoms with Crippen molar-refractivity contribution in [1.82, 2.24) is 10.6 Å². The second-order valence-corrected chi connectivity index (χ2v) is 3.68. The van der Waals surface area contributed by atoms with Crippen LogP contribution in [0.25, 0.3) is 0 Å². The van der Waals surface area contributed by atoms with E-state index in [0.29, 0.717) is 6.04 Å². The largest absolute Gasteiger partial charge is 0.315 e. The number of hydrogen-bond acceptors (Lipinski definition) is 3. The molecular weight excluding hydrogens is 144 g/mol. The molecule has 0 aromatic rings. The van der Waals surface area contributed by atoms with Crippen molar-refractivity contribution in [3.63, 3.8) is 0 Å². The maximum absolute atomic E-state index is 3.38. The standard InChI is InChI=1S/C7H16N2S/c1-8-7-4-9-3-6(7)5-10-2/h6-9H,3-5H2,1-2H3. The molecule has 2 nitrogen and oxygen atoms in total. The van der Waals surface area contributed by atoms with Crippen LogP contribution in [0, 0.1) is 5.92 Å². The number of likely N-dealkylation sites (N-methyl/N-ethyl adjacent to an activating group) is 1. The van der Waals surface area contributed by atoms with Crippen molar-refractivity contribution >= 4 is 11.8 Å². The number of rotatable bonds is 3. The molecule has 1 fully saturated rings. The van der Waals surface area contributed by atoms with Crippen LogP contribution >= 0.6 is 11.8 Å². The maximum Gasteiger partial charge on any atom is 0.0237 e. The molecule has 1 aliphatic heterocycles. The van der Waals surface area contributed by atoms with Gasteiger partial charge in [0.15, 0.2) is 0 Å². The van der Waals surface area contributed by atoms with Gasteiger partial charge in [-0.15, -0.1) is 0 Å². The Morgan fingerprint density at radius 3 is 3.00 bits per heavy atom. The Balaban J connectivity index is 2.27. The summed E-state index contributed by atoms with van der Waals surface area (Å²) in [4.78, 5) is 0. The minimum Gasteiger partial charge on any atom is -0.315 e. The second kappa shape index (κ2) is 4.21. The van der Waals surface area contributed by atoms with Crippen molar-refractivity contribution in [3.05, 3.63) is 0 Å². The van der Waals surface area contributed by atoms with Crippen LogP contribution in [-0.4, -0.2) is 38.2 Å². The van der Waals surface area contributed by atoms with Crippen molar-refractivity contribution < 1.29 is 0 Å². The third kappa shape index (κ3) is 1.87. The van der Waals surface area contributed by atoms with E-state index < -0.39 is 0 Å². The van der Waals surface area contributed by atoms with Crippen LogP contribution in [0.4, 0.5) is 0 Å². The summed E-state index contributed by atoms with van der Waals surface area (Å²) >= 11 is 1.94. The topological polar surface area (TPSA) is 24.1 Å². The lowest BCUT2D eigenvalue weighted by Crippen LogP contribution is -2.33. The van der Waals surface area contributed by atoms with Gasteiger partial charge in [-0.3, -0.25) is 0 Å². The molecule has 1 rings (SSSR count). The first kappa shape index (κ1) is 8.37. The van der Waals surface area contributed by atoms with Crippen molar-refractivity contribution in [1.29, 1.82) is 0 Å². The highest BCUT2D eigenvalue weighted by Gasteiger charge is 2.24. The fourth-order valence-corrected chi connectivity index (χ4v) is 2.24. The zero-order valence-electron chi connectivity index (χ0n) is 6.68. The smallest absolute Gasteiger partial charge is 0.0237 e. The van der Waals surface area contributed by atoms with Gasteiger partial charge in [0.2, 0.25) is 0 Å². The van der Waals surface area contributed by atoms with Crippen LogP contribution in [0.1, 0.15) is 0 Å². The molecule has 60 valence electrons. The molecular formula is C7H16N2S. The van der Waals surface area contributed by atoms with Crippen molar-refractivity contribution in [2.24, 2.45) is 5.92 Å². The van der Waals surface area contributed by atoms with Gasteiger partial charge in [-0.2, -0.15) is 11.8 Å². The molecule has 0 amide bonds. The molecule has 2 unspecified atom stereocenters. The Kier molecular flexibility index (Phi) is 3.52. The first-order chi connectivity index (χ1) is 4.88. The Bertz CT molecular complexity index is 97.6. The average molecular weight is 160 g/mol. The number of nitrogens with one attached hydrogen (secondary N) is 2. The summed E-state index contributed by atoms with van der Waals surface area (Å²) < 4.78 is 0. The lowest BCUT2D eigenvalue weighted by Gasteiger charge is -2.15. The minimum atomic E-state index is 0.701. The van der Waals surface area contributed by atoms with Crippen LogP contribution in [0.15, 0.2) is 0 Å². The normalized spacial score (nSPS) is 33.0. The molecule has 0 aromatic heterocycles. The molecule has 1 aliphatic rings. The summed E-state index contributed by atoms with van der Waals surface area (Å²) in [6.45, 7) is 2.33. The van der Waals surface area contributed by atoms with Gasteiger partial charge in [0, 0.05) is 19.1 Å². The minimum absolute atomic E-state index is 0.701. The highest BCUT2D eigenvalue weighted by molar-refractivity contribution is 7.98. The molecule has 2 N–H and O–H groups in total. The van der Waals surface area contributed by atoms with Crippen LogP contribution in [0.5, 0.6) is 0 Å². The Hall–Kier alpha value is 0.270. The van der Waals surface area contributed by atoms with Crippen LogP contribution in [-0.2, 0) is 0 Å². The summed E-state index contributed by atoms with van der Waals surface area (Å²) in [5, 5.41) is 6.71. The van der Waals surface area contributed by atoms with E-state index in [0.717, 1.165) is 12.5 Å². The van der Waals surface area contributed by atoms with E-state index >= 15 is 0 Å². The zero-order valence-corrected chi connectivity index (χ0v) is 7.50. The summed E-state index contributed by atoms with van der Waals surface area (Å²) in [5.74, 6) is 2.11. The average Bonchev–Trinajstić information content (AvgIpc) is 2.36. The molecule has 3 heteroatoms. The van der Waals surface area contributed by atoms with Gasteiger partial charge in [-0.05, 0) is 25.0 Å². The first-order valence-electron chi connectivity index (χ1n) is 3.75. The molecule has 0 saturated carbocycles. The predicted octanol–water partition coefficient (Wildman–Crippen LogP) is 0.157. The van der Waals surface area contributed by atoms with E-state index in [1.165, 1.54) is 12.3 Å². The van der Waals surface area contributed by atoms with Gasteiger partial charge >= 0.3 is 0 Å². The highest BCUT2D eigenvalue weighted by atomic mass is 32.2. The lowest BCUT2D eigenvalue weighted by atomic mass is 10.1. The van der Waals surface area contributed by atoms with E-state index in [9.17, 15) is 0 Å². The van der Waals surface area contributed by atoms with Crippen molar-refractivity contribution in [3.8, 4) is 0 Å². The van der Waals surface area contributed by atoms with Crippen molar-refractivity contribution in [2.75, 3.05) is 32.1 Å². The Labute approximate surface area is 67.1 Å². The quantitative estimate of drug-likeness (QED) is 0.615. The highest BCUT2D eigenvalue weighted by Crippen LogP contribution is 2.13. The fraction of sp³-hybridized carbons (Fsp3) is 1.00. The molecule has 10 heavy (non-hydrogen) atoms. The molecule has 2 atom stereocenters. The molecule has 0 spiro atoms. The van der Waals surface area contributed by atoms with Gasteiger partial charge in [-0.1, -0.05) is 0 Å². The van der Waals surface area contributed by atoms with E-state index in [2.05, 4.69) is 16.9 Å². The first-order valence-corrected chi connectivity index (χ1v) is 5.14. The summed E-state index contributed by atoms with van der Waals surface area (Å²) in [6.07, 6.45) is 2.17. The Morgan fingerprint density at radius 2 is 2.40 bits per heavy atom. The third-order valence-corrected chi connectivity index (χ3v) is 2.85. The third-order valence-electron chi connectivity index (χ3n) is 2.09. The molecule has 0 aromatic carbocycles. The monoisotopic (exact) mass is 160 g/mol. The van der Waals surface area contributed by atoms with Gasteiger partial charge < -0.3 is 10.6 Å². The SMILES string of the molecule is CNC1CNCC1CSC. The molecule has 0 radical (unpaired) electrons. The van der Waals surface area contributed by atoms with Crippen LogP contribution in [0.3, 0.4) is 0 Å². The number of hydrogen-bond donors (Lipinski definition) is 2. The van der Waals surface area contributed by atoms with E-state index in [1.54, 1.807) is 0 Å². The summed E-state index contributed by atoms with van der Waals surface area (Å²) in [5.41, 5.74) is 0. The van der Waals surface area contributed by atoms with E-state index in [-0.39, 0.29) is 0 Å². The second-order valence-electron chi connectivity index (χ2n) is 2.77. The number of thioether (sulfide) groups is 1. The van der Waals surface area contributed by atoms with Crippen molar-refractivity contribution in [2.45, 2.75) is 6.04 Å². The van der Waals surface area contributed by atoms with Gasteiger partial charge in [0.1, 0.15) is 0 Å². The van der Waals surface area contributed by atoms with Gasteiger partial charge in [0.25, 0.3) is 0 Å².